The van der Waals surface area contributed by atoms with E-state index in [2.05, 4.69) is 24.8 Å². The van der Waals surface area contributed by atoms with Gasteiger partial charge in [0.2, 0.25) is 5.41 Å². The molecule has 0 fully saturated rings. The van der Waals surface area contributed by atoms with Crippen molar-refractivity contribution in [3.05, 3.63) is 275 Å². The molecule has 4 aromatic heterocycles. The number of pyridine rings is 4. The SMILES string of the molecule is FC(F)(F)C(c1ccc2c(c1)CN(c1ccccc1)CO2)(c1ccc2c(c1)CN(c1ccccc1)CO2)C(F)(F)F.Fc1cc2c(cc1F)OCN(c1ccccn1)C2.Fc1ccc2c(c1)CN(c1ccccn1)CO2.c1ccc(N2COc3cccnc3C2)nc1. The second kappa shape index (κ2) is 26.8. The molecular weight excluding hydrogens is 1210 g/mol. The van der Waals surface area contributed by atoms with E-state index in [-0.39, 0.29) is 61.7 Å². The number of para-hydroxylation sites is 2. The highest BCUT2D eigenvalue weighted by molar-refractivity contribution is 5.57. The Morgan fingerprint density at radius 1 is 0.315 bits per heavy atom. The van der Waals surface area contributed by atoms with Crippen LogP contribution in [0.1, 0.15) is 39.1 Å². The summed E-state index contributed by atoms with van der Waals surface area (Å²) in [5.41, 5.74) is -1.78. The summed E-state index contributed by atoms with van der Waals surface area (Å²) in [5.74, 6) is 3.01. The van der Waals surface area contributed by atoms with Gasteiger partial charge in [0.15, 0.2) is 45.3 Å². The molecule has 23 heteroatoms. The third kappa shape index (κ3) is 13.4. The van der Waals surface area contributed by atoms with Gasteiger partial charge in [-0.2, -0.15) is 26.3 Å². The van der Waals surface area contributed by atoms with Crippen molar-refractivity contribution in [2.45, 2.75) is 50.5 Å². The third-order valence-corrected chi connectivity index (χ3v) is 15.6. The number of ether oxygens (including phenoxy) is 5. The van der Waals surface area contributed by atoms with E-state index in [0.29, 0.717) is 37.9 Å². The second-order valence-electron chi connectivity index (χ2n) is 21.6. The zero-order chi connectivity index (χ0) is 63.8. The van der Waals surface area contributed by atoms with E-state index < -0.39 is 40.5 Å². The van der Waals surface area contributed by atoms with Crippen LogP contribution in [0.4, 0.5) is 68.3 Å². The zero-order valence-corrected chi connectivity index (χ0v) is 48.8. The summed E-state index contributed by atoms with van der Waals surface area (Å²) in [6, 6.07) is 51.7. The van der Waals surface area contributed by atoms with Gasteiger partial charge >= 0.3 is 12.4 Å². The molecule has 92 heavy (non-hydrogen) atoms. The van der Waals surface area contributed by atoms with Gasteiger partial charge in [-0.3, -0.25) is 4.98 Å². The molecule has 0 aliphatic carbocycles. The van der Waals surface area contributed by atoms with Gasteiger partial charge < -0.3 is 48.2 Å². The number of rotatable bonds is 7. The number of aromatic nitrogens is 4. The lowest BCUT2D eigenvalue weighted by atomic mass is 9.72. The highest BCUT2D eigenvalue weighted by Crippen LogP contribution is 2.57. The van der Waals surface area contributed by atoms with Crippen molar-refractivity contribution >= 4 is 28.8 Å². The van der Waals surface area contributed by atoms with Gasteiger partial charge in [0.1, 0.15) is 57.7 Å². The molecule has 6 aromatic carbocycles. The summed E-state index contributed by atoms with van der Waals surface area (Å²) >= 11 is 0. The molecule has 0 spiro atoms. The van der Waals surface area contributed by atoms with Crippen molar-refractivity contribution in [3.8, 4) is 28.7 Å². The van der Waals surface area contributed by atoms with Gasteiger partial charge in [-0.25, -0.2) is 28.1 Å². The number of halogens is 9. The van der Waals surface area contributed by atoms with Crippen molar-refractivity contribution in [1.82, 2.24) is 19.9 Å². The van der Waals surface area contributed by atoms with Crippen molar-refractivity contribution in [1.29, 1.82) is 0 Å². The Bertz CT molecular complexity index is 4020. The van der Waals surface area contributed by atoms with Crippen LogP contribution < -0.4 is 48.2 Å². The molecule has 0 amide bonds. The number of fused-ring (bicyclic) bond motifs is 5. The smallest absolute Gasteiger partial charge is 0.411 e. The van der Waals surface area contributed by atoms with Gasteiger partial charge in [-0.15, -0.1) is 0 Å². The van der Waals surface area contributed by atoms with E-state index in [1.807, 2.05) is 88.7 Å². The van der Waals surface area contributed by atoms with Crippen LogP contribution in [-0.4, -0.2) is 65.9 Å². The first-order valence-electron chi connectivity index (χ1n) is 28.9. The lowest BCUT2D eigenvalue weighted by Crippen LogP contribution is -2.55. The first-order valence-corrected chi connectivity index (χ1v) is 28.9. The van der Waals surface area contributed by atoms with Crippen LogP contribution in [0, 0.1) is 17.5 Å². The van der Waals surface area contributed by atoms with Crippen LogP contribution in [0.2, 0.25) is 0 Å². The molecule has 0 atom stereocenters. The van der Waals surface area contributed by atoms with Crippen LogP contribution in [0.25, 0.3) is 0 Å². The van der Waals surface area contributed by atoms with E-state index in [9.17, 15) is 39.5 Å². The molecule has 0 saturated heterocycles. The lowest BCUT2D eigenvalue weighted by Gasteiger charge is -2.40. The molecule has 14 nitrogen and oxygen atoms in total. The molecule has 0 saturated carbocycles. The number of nitrogens with zero attached hydrogens (tertiary/aromatic N) is 9. The Balaban J connectivity index is 0.000000132. The molecule has 470 valence electrons. The first kappa shape index (κ1) is 61.5. The quantitative estimate of drug-likeness (QED) is 0.141. The van der Waals surface area contributed by atoms with Crippen LogP contribution in [0.5, 0.6) is 28.7 Å². The Morgan fingerprint density at radius 2 is 0.696 bits per heavy atom. The van der Waals surface area contributed by atoms with E-state index in [4.69, 9.17) is 23.7 Å². The summed E-state index contributed by atoms with van der Waals surface area (Å²) in [6.45, 7) is 3.44. The van der Waals surface area contributed by atoms with Crippen molar-refractivity contribution in [2.24, 2.45) is 0 Å². The average Bonchev–Trinajstić information content (AvgIpc) is 0.715. The topological polar surface area (TPSA) is 114 Å². The Morgan fingerprint density at radius 3 is 1.16 bits per heavy atom. The number of anilines is 5. The fourth-order valence-electron chi connectivity index (χ4n) is 11.1. The standard InChI is InChI=1S/C31H24F6N2O2.C13H10F2N2O.C13H11FN2O.C12H11N3O/c32-30(33,34)29(31(35,36)37,23-11-13-27-21(15-23)17-38(19-40-27)25-7-3-1-4-8-25)24-12-14-28-22(16-24)18-39(20-41-28)26-9-5-2-6-10-26;14-10-5-9-7-17(13-3-1-2-4-16-13)8-18-12(9)6-11(10)15;14-11-4-5-12-10(7-11)8-16(9-17-12)13-3-1-2-6-15-13;1-2-6-14-12(5-1)15-8-10-11(16-9-15)4-3-7-13-10/h1-16H,17-20H2;1-6H,7-8H2;1-7H,8-9H2;1-7H,8-9H2. The van der Waals surface area contributed by atoms with Crippen molar-refractivity contribution in [3.63, 3.8) is 0 Å². The molecule has 9 heterocycles. The summed E-state index contributed by atoms with van der Waals surface area (Å²) in [6.07, 6.45) is -4.45. The van der Waals surface area contributed by atoms with Crippen LogP contribution in [0.3, 0.4) is 0 Å². The maximum atomic E-state index is 15.0. The first-order chi connectivity index (χ1) is 44.6. The maximum absolute atomic E-state index is 15.0. The van der Waals surface area contributed by atoms with Crippen LogP contribution >= 0.6 is 0 Å². The van der Waals surface area contributed by atoms with Gasteiger partial charge in [0, 0.05) is 77.6 Å². The predicted molar refractivity (Wildman–Crippen MR) is 327 cm³/mol. The van der Waals surface area contributed by atoms with Crippen molar-refractivity contribution in [2.75, 3.05) is 58.2 Å². The maximum Gasteiger partial charge on any atom is 0.411 e. The van der Waals surface area contributed by atoms with E-state index in [1.165, 1.54) is 30.3 Å². The zero-order valence-electron chi connectivity index (χ0n) is 48.8. The third-order valence-electron chi connectivity index (χ3n) is 15.6. The van der Waals surface area contributed by atoms with E-state index in [1.54, 1.807) is 89.2 Å². The van der Waals surface area contributed by atoms with E-state index >= 15 is 0 Å². The van der Waals surface area contributed by atoms with Gasteiger partial charge in [0.05, 0.1) is 19.6 Å². The molecule has 10 aromatic rings. The number of hydrogen-bond donors (Lipinski definition) is 0. The lowest BCUT2D eigenvalue weighted by molar-refractivity contribution is -0.288. The monoisotopic (exact) mass is 1260 g/mol. The van der Waals surface area contributed by atoms with Crippen LogP contribution in [0.15, 0.2) is 219 Å². The van der Waals surface area contributed by atoms with Gasteiger partial charge in [-0.1, -0.05) is 66.7 Å². The fraction of sp³-hybridized carbons (Fsp3) is 0.188. The van der Waals surface area contributed by atoms with Crippen LogP contribution in [-0.2, 0) is 38.1 Å². The van der Waals surface area contributed by atoms with Gasteiger partial charge in [0.25, 0.3) is 0 Å². The number of hydrogen-bond acceptors (Lipinski definition) is 14. The van der Waals surface area contributed by atoms with Gasteiger partial charge in [-0.05, 0) is 132 Å². The molecule has 5 aliphatic rings. The number of alkyl halides is 6. The molecule has 0 bridgehead atoms. The minimum Gasteiger partial charge on any atom is -0.473 e. The summed E-state index contributed by atoms with van der Waals surface area (Å²) < 4.78 is 157. The number of benzene rings is 6. The molecule has 0 N–H and O–H groups in total. The molecule has 0 radical (unpaired) electrons. The van der Waals surface area contributed by atoms with E-state index in [0.717, 1.165) is 88.5 Å². The summed E-state index contributed by atoms with van der Waals surface area (Å²) in [4.78, 5) is 26.4. The second-order valence-corrected chi connectivity index (χ2v) is 21.6. The Kier molecular flexibility index (Phi) is 17.9. The normalized spacial score (nSPS) is 14.7. The highest BCUT2D eigenvalue weighted by Gasteiger charge is 2.72. The minimum atomic E-state index is -5.71. The Hall–Kier alpha value is -10.7. The highest BCUT2D eigenvalue weighted by atomic mass is 19.4. The molecule has 0 unspecified atom stereocenters. The molecule has 5 aliphatic heterocycles. The molecular formula is C69H56F9N9O5. The van der Waals surface area contributed by atoms with Crippen molar-refractivity contribution < 1.29 is 63.2 Å². The fourth-order valence-corrected chi connectivity index (χ4v) is 11.1. The molecule has 15 rings (SSSR count). The summed E-state index contributed by atoms with van der Waals surface area (Å²) in [5, 5.41) is 0. The largest absolute Gasteiger partial charge is 0.473 e. The summed E-state index contributed by atoms with van der Waals surface area (Å²) in [7, 11) is 0. The predicted octanol–water partition coefficient (Wildman–Crippen LogP) is 14.9. The minimum absolute atomic E-state index is 0.0864. The average molecular weight is 1260 g/mol. The Labute approximate surface area is 522 Å².